The Labute approximate surface area is 103 Å². The molecule has 4 heteroatoms. The van der Waals surface area contributed by atoms with Gasteiger partial charge in [-0.25, -0.2) is 4.39 Å². The van der Waals surface area contributed by atoms with E-state index in [0.29, 0.717) is 11.3 Å². The molecule has 0 atom stereocenters. The molecule has 0 aliphatic carbocycles. The summed E-state index contributed by atoms with van der Waals surface area (Å²) >= 11 is 1.34. The van der Waals surface area contributed by atoms with Crippen LogP contribution in [0.4, 0.5) is 4.39 Å². The lowest BCUT2D eigenvalue weighted by molar-refractivity contribution is 0.100. The molecule has 2 rings (SSSR count). The molecule has 0 aliphatic rings. The van der Waals surface area contributed by atoms with Crippen molar-refractivity contribution in [2.24, 2.45) is 5.73 Å². The Kier molecular flexibility index (Phi) is 3.24. The molecule has 1 amide bonds. The molecule has 0 aliphatic heterocycles. The minimum atomic E-state index is -0.405. The van der Waals surface area contributed by atoms with Gasteiger partial charge in [-0.2, -0.15) is 0 Å². The molecule has 2 aromatic rings. The summed E-state index contributed by atoms with van der Waals surface area (Å²) < 4.78 is 13.0. The van der Waals surface area contributed by atoms with Crippen molar-refractivity contribution < 1.29 is 9.18 Å². The minimum Gasteiger partial charge on any atom is -0.365 e. The first kappa shape index (κ1) is 11.8. The van der Waals surface area contributed by atoms with Crippen molar-refractivity contribution in [1.29, 1.82) is 0 Å². The molecule has 2 nitrogen and oxygen atoms in total. The van der Waals surface area contributed by atoms with Crippen molar-refractivity contribution in [3.8, 4) is 0 Å². The standard InChI is InChI=1S/C13H12FNOS/c1-8-10(7-17-12(8)13(15)16)5-9-3-2-4-11(14)6-9/h2-4,6-7H,5H2,1H3,(H2,15,16). The Morgan fingerprint density at radius 3 is 2.82 bits per heavy atom. The van der Waals surface area contributed by atoms with Crippen molar-refractivity contribution in [2.45, 2.75) is 13.3 Å². The average molecular weight is 249 g/mol. The number of carbonyl (C=O) groups excluding carboxylic acids is 1. The zero-order valence-electron chi connectivity index (χ0n) is 9.37. The molecular formula is C13H12FNOS. The van der Waals surface area contributed by atoms with Crippen LogP contribution in [0, 0.1) is 12.7 Å². The second kappa shape index (κ2) is 4.67. The van der Waals surface area contributed by atoms with Gasteiger partial charge in [-0.05, 0) is 47.5 Å². The molecular weight excluding hydrogens is 237 g/mol. The zero-order chi connectivity index (χ0) is 12.4. The van der Waals surface area contributed by atoms with Crippen molar-refractivity contribution in [3.63, 3.8) is 0 Å². The molecule has 0 saturated heterocycles. The highest BCUT2D eigenvalue weighted by Crippen LogP contribution is 2.23. The Hall–Kier alpha value is -1.68. The summed E-state index contributed by atoms with van der Waals surface area (Å²) in [4.78, 5) is 11.7. The van der Waals surface area contributed by atoms with Crippen LogP contribution in [-0.2, 0) is 6.42 Å². The summed E-state index contributed by atoms with van der Waals surface area (Å²) in [6.07, 6.45) is 0.618. The minimum absolute atomic E-state index is 0.245. The second-order valence-corrected chi connectivity index (χ2v) is 4.77. The summed E-state index contributed by atoms with van der Waals surface area (Å²) in [5.41, 5.74) is 8.07. The van der Waals surface area contributed by atoms with E-state index in [1.54, 1.807) is 6.07 Å². The monoisotopic (exact) mass is 249 g/mol. The van der Waals surface area contributed by atoms with E-state index >= 15 is 0 Å². The van der Waals surface area contributed by atoms with Crippen LogP contribution < -0.4 is 5.73 Å². The van der Waals surface area contributed by atoms with Crippen molar-refractivity contribution in [2.75, 3.05) is 0 Å². The largest absolute Gasteiger partial charge is 0.365 e. The Balaban J connectivity index is 2.28. The smallest absolute Gasteiger partial charge is 0.259 e. The number of primary amides is 1. The Morgan fingerprint density at radius 2 is 2.24 bits per heavy atom. The Bertz CT molecular complexity index is 562. The van der Waals surface area contributed by atoms with Gasteiger partial charge in [-0.15, -0.1) is 11.3 Å². The predicted octanol–water partition coefficient (Wildman–Crippen LogP) is 2.89. The first-order chi connectivity index (χ1) is 8.08. The van der Waals surface area contributed by atoms with E-state index in [9.17, 15) is 9.18 Å². The van der Waals surface area contributed by atoms with Gasteiger partial charge >= 0.3 is 0 Å². The maximum absolute atomic E-state index is 13.0. The number of rotatable bonds is 3. The van der Waals surface area contributed by atoms with Gasteiger partial charge in [-0.3, -0.25) is 4.79 Å². The van der Waals surface area contributed by atoms with Crippen LogP contribution in [0.25, 0.3) is 0 Å². The highest BCUT2D eigenvalue weighted by atomic mass is 32.1. The molecule has 88 valence electrons. The fourth-order valence-corrected chi connectivity index (χ4v) is 2.68. The lowest BCUT2D eigenvalue weighted by atomic mass is 10.0. The van der Waals surface area contributed by atoms with Crippen LogP contribution in [0.3, 0.4) is 0 Å². The van der Waals surface area contributed by atoms with Gasteiger partial charge < -0.3 is 5.73 Å². The Morgan fingerprint density at radius 1 is 1.47 bits per heavy atom. The SMILES string of the molecule is Cc1c(Cc2cccc(F)c2)csc1C(N)=O. The third-order valence-corrected chi connectivity index (χ3v) is 3.79. The molecule has 0 spiro atoms. The third-order valence-electron chi connectivity index (χ3n) is 2.65. The quantitative estimate of drug-likeness (QED) is 0.893. The van der Waals surface area contributed by atoms with Gasteiger partial charge in [0.1, 0.15) is 5.82 Å². The number of nitrogens with two attached hydrogens (primary N) is 1. The van der Waals surface area contributed by atoms with Gasteiger partial charge in [0.2, 0.25) is 0 Å². The first-order valence-corrected chi connectivity index (χ1v) is 6.07. The molecule has 0 unspecified atom stereocenters. The van der Waals surface area contributed by atoms with E-state index in [1.165, 1.54) is 23.5 Å². The first-order valence-electron chi connectivity index (χ1n) is 5.19. The van der Waals surface area contributed by atoms with Gasteiger partial charge in [-0.1, -0.05) is 12.1 Å². The number of halogens is 1. The van der Waals surface area contributed by atoms with E-state index in [4.69, 9.17) is 5.73 Å². The average Bonchev–Trinajstić information content (AvgIpc) is 2.61. The summed E-state index contributed by atoms with van der Waals surface area (Å²) in [5, 5.41) is 1.90. The molecule has 0 bridgehead atoms. The fourth-order valence-electron chi connectivity index (χ4n) is 1.74. The van der Waals surface area contributed by atoms with Crippen molar-refractivity contribution in [1.82, 2.24) is 0 Å². The summed E-state index contributed by atoms with van der Waals surface area (Å²) in [6, 6.07) is 6.46. The fraction of sp³-hybridized carbons (Fsp3) is 0.154. The summed E-state index contributed by atoms with van der Waals surface area (Å²) in [7, 11) is 0. The number of hydrogen-bond acceptors (Lipinski definition) is 2. The van der Waals surface area contributed by atoms with E-state index in [-0.39, 0.29) is 5.82 Å². The molecule has 0 fully saturated rings. The van der Waals surface area contributed by atoms with E-state index in [0.717, 1.165) is 16.7 Å². The van der Waals surface area contributed by atoms with E-state index < -0.39 is 5.91 Å². The molecule has 1 aromatic carbocycles. The number of benzene rings is 1. The molecule has 2 N–H and O–H groups in total. The normalized spacial score (nSPS) is 10.5. The number of carbonyl (C=O) groups is 1. The van der Waals surface area contributed by atoms with Crippen LogP contribution in [0.15, 0.2) is 29.6 Å². The lowest BCUT2D eigenvalue weighted by Gasteiger charge is -2.02. The third kappa shape index (κ3) is 2.53. The highest BCUT2D eigenvalue weighted by Gasteiger charge is 2.12. The number of thiophene rings is 1. The maximum atomic E-state index is 13.0. The van der Waals surface area contributed by atoms with Gasteiger partial charge in [0.05, 0.1) is 4.88 Å². The van der Waals surface area contributed by atoms with Crippen LogP contribution in [0.5, 0.6) is 0 Å². The van der Waals surface area contributed by atoms with Gasteiger partial charge in [0.15, 0.2) is 0 Å². The number of hydrogen-bond donors (Lipinski definition) is 1. The number of amides is 1. The second-order valence-electron chi connectivity index (χ2n) is 3.89. The summed E-state index contributed by atoms with van der Waals surface area (Å²) in [5.74, 6) is -0.650. The highest BCUT2D eigenvalue weighted by molar-refractivity contribution is 7.12. The van der Waals surface area contributed by atoms with Gasteiger partial charge in [0, 0.05) is 0 Å². The van der Waals surface area contributed by atoms with E-state index in [2.05, 4.69) is 0 Å². The molecule has 0 radical (unpaired) electrons. The molecule has 1 aromatic heterocycles. The lowest BCUT2D eigenvalue weighted by Crippen LogP contribution is -2.10. The van der Waals surface area contributed by atoms with Crippen LogP contribution in [0.1, 0.15) is 26.4 Å². The zero-order valence-corrected chi connectivity index (χ0v) is 10.2. The topological polar surface area (TPSA) is 43.1 Å². The molecule has 0 saturated carbocycles. The summed E-state index contributed by atoms with van der Waals surface area (Å²) in [6.45, 7) is 1.87. The predicted molar refractivity (Wildman–Crippen MR) is 66.8 cm³/mol. The molecule has 1 heterocycles. The van der Waals surface area contributed by atoms with Crippen LogP contribution in [-0.4, -0.2) is 5.91 Å². The van der Waals surface area contributed by atoms with Gasteiger partial charge in [0.25, 0.3) is 5.91 Å². The molecule has 17 heavy (non-hydrogen) atoms. The van der Waals surface area contributed by atoms with Crippen molar-refractivity contribution in [3.05, 3.63) is 57.0 Å². The van der Waals surface area contributed by atoms with E-state index in [1.807, 2.05) is 18.4 Å². The maximum Gasteiger partial charge on any atom is 0.259 e. The van der Waals surface area contributed by atoms with Crippen LogP contribution in [0.2, 0.25) is 0 Å². The van der Waals surface area contributed by atoms with Crippen molar-refractivity contribution >= 4 is 17.2 Å². The van der Waals surface area contributed by atoms with Crippen LogP contribution >= 0.6 is 11.3 Å².